The molecule has 3 aromatic rings. The number of hydrogen-bond donors (Lipinski definition) is 1. The SMILES string of the molecule is CCCc1c(Cc2cccc3ccccc23)n(COC)c(=O)[nH]c1=O. The van der Waals surface area contributed by atoms with E-state index in [9.17, 15) is 9.59 Å². The molecule has 0 amide bonds. The lowest BCUT2D eigenvalue weighted by atomic mass is 9.98. The Morgan fingerprint density at radius 3 is 2.60 bits per heavy atom. The zero-order valence-electron chi connectivity index (χ0n) is 14.5. The molecule has 5 nitrogen and oxygen atoms in total. The van der Waals surface area contributed by atoms with E-state index in [0.717, 1.165) is 28.5 Å². The average molecular weight is 338 g/mol. The van der Waals surface area contributed by atoms with Crippen molar-refractivity contribution in [1.82, 2.24) is 9.55 Å². The Morgan fingerprint density at radius 2 is 1.84 bits per heavy atom. The molecule has 0 spiro atoms. The number of benzene rings is 2. The van der Waals surface area contributed by atoms with Crippen LogP contribution in [0.5, 0.6) is 0 Å². The van der Waals surface area contributed by atoms with Gasteiger partial charge in [-0.15, -0.1) is 0 Å². The molecule has 0 aliphatic rings. The summed E-state index contributed by atoms with van der Waals surface area (Å²) in [6.45, 7) is 2.14. The van der Waals surface area contributed by atoms with Gasteiger partial charge in [0.25, 0.3) is 5.56 Å². The minimum absolute atomic E-state index is 0.117. The second kappa shape index (κ2) is 7.49. The number of nitrogens with one attached hydrogen (secondary N) is 1. The Labute approximate surface area is 145 Å². The Kier molecular flexibility index (Phi) is 5.14. The Bertz CT molecular complexity index is 958. The van der Waals surface area contributed by atoms with Gasteiger partial charge >= 0.3 is 5.69 Å². The number of nitrogens with zero attached hydrogens (tertiary/aromatic N) is 1. The molecule has 3 rings (SSSR count). The van der Waals surface area contributed by atoms with Crippen molar-refractivity contribution in [1.29, 1.82) is 0 Å². The third-order valence-electron chi connectivity index (χ3n) is 4.41. The van der Waals surface area contributed by atoms with E-state index >= 15 is 0 Å². The predicted molar refractivity (Wildman–Crippen MR) is 99.1 cm³/mol. The van der Waals surface area contributed by atoms with Crippen molar-refractivity contribution >= 4 is 10.8 Å². The average Bonchev–Trinajstić information content (AvgIpc) is 2.61. The quantitative estimate of drug-likeness (QED) is 0.752. The molecule has 130 valence electrons. The molecule has 1 aromatic heterocycles. The van der Waals surface area contributed by atoms with Crippen LogP contribution >= 0.6 is 0 Å². The van der Waals surface area contributed by atoms with Crippen LogP contribution in [-0.4, -0.2) is 16.7 Å². The van der Waals surface area contributed by atoms with Crippen molar-refractivity contribution in [2.24, 2.45) is 0 Å². The predicted octanol–water partition coefficient (Wildman–Crippen LogP) is 2.84. The lowest BCUT2D eigenvalue weighted by Gasteiger charge is -2.16. The van der Waals surface area contributed by atoms with Gasteiger partial charge in [0.1, 0.15) is 6.73 Å². The summed E-state index contributed by atoms with van der Waals surface area (Å²) in [6.07, 6.45) is 1.97. The molecule has 0 aliphatic carbocycles. The van der Waals surface area contributed by atoms with Gasteiger partial charge in [-0.3, -0.25) is 14.3 Å². The van der Waals surface area contributed by atoms with Gasteiger partial charge in [-0.1, -0.05) is 55.8 Å². The van der Waals surface area contributed by atoms with Gasteiger partial charge in [-0.05, 0) is 22.8 Å². The first-order valence-electron chi connectivity index (χ1n) is 8.46. The molecule has 0 radical (unpaired) electrons. The molecule has 5 heteroatoms. The van der Waals surface area contributed by atoms with Gasteiger partial charge < -0.3 is 4.74 Å². The van der Waals surface area contributed by atoms with E-state index in [-0.39, 0.29) is 12.3 Å². The monoisotopic (exact) mass is 338 g/mol. The molecular weight excluding hydrogens is 316 g/mol. The molecular formula is C20H22N2O3. The molecule has 0 unspecified atom stereocenters. The number of rotatable bonds is 6. The molecule has 25 heavy (non-hydrogen) atoms. The maximum atomic E-state index is 12.4. The standard InChI is InChI=1S/C20H22N2O3/c1-3-7-17-18(22(13-25-2)20(24)21-19(17)23)12-15-10-6-9-14-8-4-5-11-16(14)15/h4-6,8-11H,3,7,12-13H2,1-2H3,(H,21,23,24). The molecule has 0 aliphatic heterocycles. The number of ether oxygens (including phenoxy) is 1. The van der Waals surface area contributed by atoms with Crippen molar-refractivity contribution in [2.45, 2.75) is 32.9 Å². The number of hydrogen-bond acceptors (Lipinski definition) is 3. The van der Waals surface area contributed by atoms with Crippen LogP contribution in [0.25, 0.3) is 10.8 Å². The van der Waals surface area contributed by atoms with Crippen LogP contribution in [0.3, 0.4) is 0 Å². The number of methoxy groups -OCH3 is 1. The lowest BCUT2D eigenvalue weighted by molar-refractivity contribution is 0.124. The van der Waals surface area contributed by atoms with Gasteiger partial charge in [0.2, 0.25) is 0 Å². The normalized spacial score (nSPS) is 11.1. The fourth-order valence-electron chi connectivity index (χ4n) is 3.26. The van der Waals surface area contributed by atoms with Crippen molar-refractivity contribution in [3.05, 3.63) is 80.1 Å². The minimum atomic E-state index is -0.429. The minimum Gasteiger partial charge on any atom is -0.364 e. The van der Waals surface area contributed by atoms with Crippen LogP contribution < -0.4 is 11.2 Å². The van der Waals surface area contributed by atoms with E-state index in [2.05, 4.69) is 23.2 Å². The van der Waals surface area contributed by atoms with Crippen LogP contribution in [0.15, 0.2) is 52.1 Å². The number of fused-ring (bicyclic) bond motifs is 1. The van der Waals surface area contributed by atoms with Crippen molar-refractivity contribution in [3.63, 3.8) is 0 Å². The fourth-order valence-corrected chi connectivity index (χ4v) is 3.26. The highest BCUT2D eigenvalue weighted by molar-refractivity contribution is 5.85. The third-order valence-corrected chi connectivity index (χ3v) is 4.41. The second-order valence-corrected chi connectivity index (χ2v) is 6.10. The number of H-pyrrole nitrogens is 1. The Morgan fingerprint density at radius 1 is 1.08 bits per heavy atom. The summed E-state index contributed by atoms with van der Waals surface area (Å²) in [5.74, 6) is 0. The van der Waals surface area contributed by atoms with Crippen LogP contribution in [0, 0.1) is 0 Å². The van der Waals surface area contributed by atoms with Gasteiger partial charge in [0.05, 0.1) is 0 Å². The van der Waals surface area contributed by atoms with Crippen molar-refractivity contribution in [2.75, 3.05) is 7.11 Å². The second-order valence-electron chi connectivity index (χ2n) is 6.10. The number of aromatic amines is 1. The van der Waals surface area contributed by atoms with Crippen molar-refractivity contribution < 1.29 is 4.74 Å². The molecule has 0 atom stereocenters. The molecule has 0 saturated heterocycles. The van der Waals surface area contributed by atoms with Crippen LogP contribution in [0.4, 0.5) is 0 Å². The first-order valence-corrected chi connectivity index (χ1v) is 8.46. The molecule has 1 heterocycles. The van der Waals surface area contributed by atoms with Crippen LogP contribution in [-0.2, 0) is 24.3 Å². The zero-order chi connectivity index (χ0) is 17.8. The maximum Gasteiger partial charge on any atom is 0.330 e. The molecule has 0 bridgehead atoms. The molecule has 0 fully saturated rings. The summed E-state index contributed by atoms with van der Waals surface area (Å²) >= 11 is 0. The topological polar surface area (TPSA) is 64.1 Å². The summed E-state index contributed by atoms with van der Waals surface area (Å²) in [4.78, 5) is 27.1. The first kappa shape index (κ1) is 17.2. The zero-order valence-corrected chi connectivity index (χ0v) is 14.5. The fraction of sp³-hybridized carbons (Fsp3) is 0.300. The Balaban J connectivity index is 2.21. The number of aromatic nitrogens is 2. The summed E-state index contributed by atoms with van der Waals surface area (Å²) < 4.78 is 6.71. The van der Waals surface area contributed by atoms with Gasteiger partial charge in [0.15, 0.2) is 0 Å². The van der Waals surface area contributed by atoms with E-state index in [0.29, 0.717) is 18.4 Å². The molecule has 1 N–H and O–H groups in total. The Hall–Kier alpha value is -2.66. The van der Waals surface area contributed by atoms with Crippen molar-refractivity contribution in [3.8, 4) is 0 Å². The largest absolute Gasteiger partial charge is 0.364 e. The first-order chi connectivity index (χ1) is 12.2. The third kappa shape index (κ3) is 3.42. The summed E-state index contributed by atoms with van der Waals surface area (Å²) in [7, 11) is 1.54. The van der Waals surface area contributed by atoms with E-state index < -0.39 is 5.69 Å². The highest BCUT2D eigenvalue weighted by Crippen LogP contribution is 2.22. The molecule has 0 saturated carbocycles. The van der Waals surface area contributed by atoms with E-state index in [1.54, 1.807) is 7.11 Å². The van der Waals surface area contributed by atoms with Gasteiger partial charge in [-0.25, -0.2) is 4.79 Å². The maximum absolute atomic E-state index is 12.4. The molecule has 2 aromatic carbocycles. The summed E-state index contributed by atoms with van der Waals surface area (Å²) in [6, 6.07) is 14.2. The van der Waals surface area contributed by atoms with Gasteiger partial charge in [0, 0.05) is 24.8 Å². The summed E-state index contributed by atoms with van der Waals surface area (Å²) in [5, 5.41) is 2.27. The van der Waals surface area contributed by atoms with E-state index in [1.807, 2.05) is 31.2 Å². The van der Waals surface area contributed by atoms with Crippen LogP contribution in [0.2, 0.25) is 0 Å². The van der Waals surface area contributed by atoms with E-state index in [4.69, 9.17) is 4.74 Å². The van der Waals surface area contributed by atoms with Crippen LogP contribution in [0.1, 0.15) is 30.2 Å². The highest BCUT2D eigenvalue weighted by Gasteiger charge is 2.15. The highest BCUT2D eigenvalue weighted by atomic mass is 16.5. The summed E-state index contributed by atoms with van der Waals surface area (Å²) in [5.41, 5.74) is 1.75. The van der Waals surface area contributed by atoms with Gasteiger partial charge in [-0.2, -0.15) is 0 Å². The van der Waals surface area contributed by atoms with E-state index in [1.165, 1.54) is 4.57 Å². The lowest BCUT2D eigenvalue weighted by Crippen LogP contribution is -2.36. The smallest absolute Gasteiger partial charge is 0.330 e.